The first-order valence-electron chi connectivity index (χ1n) is 19.4. The van der Waals surface area contributed by atoms with Crippen LogP contribution in [0.1, 0.15) is 22.3 Å². The lowest BCUT2D eigenvalue weighted by Gasteiger charge is -2.32. The van der Waals surface area contributed by atoms with Crippen molar-refractivity contribution >= 4 is 89.8 Å². The van der Waals surface area contributed by atoms with E-state index >= 15 is 8.78 Å². The summed E-state index contributed by atoms with van der Waals surface area (Å²) in [6.07, 6.45) is 3.92. The second kappa shape index (κ2) is 19.7. The van der Waals surface area contributed by atoms with Gasteiger partial charge in [0, 0.05) is 46.4 Å². The first kappa shape index (κ1) is 45.3. The maximum absolute atomic E-state index is 15.6. The topological polar surface area (TPSA) is 136 Å². The van der Waals surface area contributed by atoms with Crippen LogP contribution in [-0.4, -0.2) is 82.6 Å². The smallest absolute Gasteiger partial charge is 0.281 e. The molecule has 0 atom stereocenters. The van der Waals surface area contributed by atoms with Crippen molar-refractivity contribution in [1.29, 1.82) is 0 Å². The first-order chi connectivity index (χ1) is 30.1. The fourth-order valence-corrected chi connectivity index (χ4v) is 8.66. The Balaban J connectivity index is 0.000000189. The van der Waals surface area contributed by atoms with Gasteiger partial charge in [0.1, 0.15) is 23.3 Å². The number of hydrogen-bond donors (Lipinski definition) is 2. The summed E-state index contributed by atoms with van der Waals surface area (Å²) < 4.78 is 32.3. The van der Waals surface area contributed by atoms with Gasteiger partial charge in [0.2, 0.25) is 5.91 Å². The van der Waals surface area contributed by atoms with E-state index in [-0.39, 0.29) is 30.6 Å². The van der Waals surface area contributed by atoms with E-state index in [9.17, 15) is 14.8 Å². The number of thiazole rings is 2. The van der Waals surface area contributed by atoms with E-state index in [1.54, 1.807) is 89.0 Å². The molecule has 4 aromatic heterocycles. The Labute approximate surface area is 380 Å². The number of nitrogens with one attached hydrogen (secondary N) is 2. The number of anilines is 2. The molecule has 0 saturated carbocycles. The zero-order valence-electron chi connectivity index (χ0n) is 34.5. The van der Waals surface area contributed by atoms with Gasteiger partial charge in [-0.3, -0.25) is 9.59 Å². The molecular formula is C46H40Cl2F2N8O3S2. The van der Waals surface area contributed by atoms with E-state index in [1.807, 2.05) is 38.4 Å². The zero-order chi connectivity index (χ0) is 44.8. The average Bonchev–Trinajstić information content (AvgIpc) is 3.89. The molecule has 0 fully saturated rings. The number of fused-ring (bicyclic) bond motifs is 2. The molecule has 0 radical (unpaired) electrons. The molecule has 8 aromatic rings. The molecule has 63 heavy (non-hydrogen) atoms. The number of hydrogen-bond acceptors (Lipinski definition) is 10. The highest BCUT2D eigenvalue weighted by molar-refractivity contribution is 7.17. The highest BCUT2D eigenvalue weighted by atomic mass is 35.5. The number of carbonyl (C=O) groups is 2. The van der Waals surface area contributed by atoms with Gasteiger partial charge in [-0.2, -0.15) is 0 Å². The van der Waals surface area contributed by atoms with E-state index in [1.165, 1.54) is 36.8 Å². The van der Waals surface area contributed by atoms with Crippen LogP contribution in [0.4, 0.5) is 20.4 Å². The Kier molecular flexibility index (Phi) is 14.2. The van der Waals surface area contributed by atoms with E-state index in [4.69, 9.17) is 23.2 Å². The quantitative estimate of drug-likeness (QED) is 0.0913. The molecule has 0 unspecified atom stereocenters. The molecule has 2 amide bonds. The summed E-state index contributed by atoms with van der Waals surface area (Å²) in [5.41, 5.74) is 9.58. The lowest BCUT2D eigenvalue weighted by molar-refractivity contribution is -0.831. The van der Waals surface area contributed by atoms with Crippen molar-refractivity contribution in [3.05, 3.63) is 157 Å². The van der Waals surface area contributed by atoms with E-state index < -0.39 is 10.6 Å². The molecule has 4 heterocycles. The van der Waals surface area contributed by atoms with Crippen LogP contribution in [0.3, 0.4) is 0 Å². The number of halogens is 4. The van der Waals surface area contributed by atoms with Gasteiger partial charge in [0.05, 0.1) is 52.1 Å². The monoisotopic (exact) mass is 924 g/mol. The van der Waals surface area contributed by atoms with Gasteiger partial charge in [-0.25, -0.2) is 28.7 Å². The van der Waals surface area contributed by atoms with Crippen LogP contribution in [0.5, 0.6) is 0 Å². The predicted molar refractivity (Wildman–Crippen MR) is 250 cm³/mol. The van der Waals surface area contributed by atoms with Crippen LogP contribution in [0, 0.1) is 16.8 Å². The molecule has 0 aliphatic heterocycles. The van der Waals surface area contributed by atoms with Gasteiger partial charge >= 0.3 is 0 Å². The molecule has 0 spiro atoms. The Morgan fingerprint density at radius 2 is 1.14 bits per heavy atom. The molecular weight excluding hydrogens is 886 g/mol. The van der Waals surface area contributed by atoms with Crippen molar-refractivity contribution in [2.45, 2.75) is 12.8 Å². The Morgan fingerprint density at radius 1 is 0.683 bits per heavy atom. The normalized spacial score (nSPS) is 11.5. The van der Waals surface area contributed by atoms with E-state index in [2.05, 4.69) is 30.6 Å². The van der Waals surface area contributed by atoms with Gasteiger partial charge in [0.25, 0.3) is 5.91 Å². The number of carbonyl (C=O) groups excluding carboxylic acids is 2. The summed E-state index contributed by atoms with van der Waals surface area (Å²) in [5, 5.41) is 18.0. The maximum atomic E-state index is 15.6. The van der Waals surface area contributed by atoms with Gasteiger partial charge in [-0.1, -0.05) is 59.6 Å². The van der Waals surface area contributed by atoms with Crippen molar-refractivity contribution in [2.75, 3.05) is 51.9 Å². The Bertz CT molecular complexity index is 2920. The van der Waals surface area contributed by atoms with Crippen LogP contribution in [0.15, 0.2) is 108 Å². The molecule has 8 rings (SSSR count). The summed E-state index contributed by atoms with van der Waals surface area (Å²) in [7, 11) is 6.43. The minimum absolute atomic E-state index is 0.141. The van der Waals surface area contributed by atoms with Crippen LogP contribution < -0.4 is 10.6 Å². The molecule has 17 heteroatoms. The molecule has 0 bridgehead atoms. The van der Waals surface area contributed by atoms with Crippen molar-refractivity contribution in [2.24, 2.45) is 0 Å². The predicted octanol–water partition coefficient (Wildman–Crippen LogP) is 10.5. The van der Waals surface area contributed by atoms with Crippen LogP contribution >= 0.6 is 45.9 Å². The fourth-order valence-electron chi connectivity index (χ4n) is 6.78. The average molecular weight is 926 g/mol. The summed E-state index contributed by atoms with van der Waals surface area (Å²) in [6, 6.07) is 24.8. The van der Waals surface area contributed by atoms with Gasteiger partial charge in [0.15, 0.2) is 6.54 Å². The lowest BCUT2D eigenvalue weighted by Crippen LogP contribution is -2.40. The number of quaternary nitrogens is 1. The molecule has 4 aromatic carbocycles. The Morgan fingerprint density at radius 3 is 1.54 bits per heavy atom. The molecule has 0 aliphatic carbocycles. The number of hydroxylamine groups is 3. The number of amides is 2. The van der Waals surface area contributed by atoms with Gasteiger partial charge < -0.3 is 25.4 Å². The summed E-state index contributed by atoms with van der Waals surface area (Å²) >= 11 is 15.2. The largest absolute Gasteiger partial charge is 0.633 e. The number of benzene rings is 4. The summed E-state index contributed by atoms with van der Waals surface area (Å²) in [5.74, 6) is -0.419. The number of aromatic nitrogens is 4. The minimum atomic E-state index is -0.724. The third kappa shape index (κ3) is 11.6. The van der Waals surface area contributed by atoms with Gasteiger partial charge in [-0.15, -0.1) is 22.7 Å². The highest BCUT2D eigenvalue weighted by Gasteiger charge is 2.20. The van der Waals surface area contributed by atoms with Crippen molar-refractivity contribution in [3.63, 3.8) is 0 Å². The minimum Gasteiger partial charge on any atom is -0.633 e. The van der Waals surface area contributed by atoms with E-state index in [0.717, 1.165) is 20.5 Å². The summed E-state index contributed by atoms with van der Waals surface area (Å²) in [4.78, 5) is 42.8. The number of likely N-dealkylation sites (N-methyl/N-ethyl adjacent to an activating group) is 2. The molecule has 11 nitrogen and oxygen atoms in total. The van der Waals surface area contributed by atoms with Crippen molar-refractivity contribution < 1.29 is 23.0 Å². The fraction of sp³-hybridized carbons (Fsp3) is 0.174. The molecule has 0 saturated heterocycles. The number of nitrogens with zero attached hydrogens (tertiary/aromatic N) is 6. The van der Waals surface area contributed by atoms with Crippen LogP contribution in [0.25, 0.3) is 42.7 Å². The number of pyridine rings is 2. The van der Waals surface area contributed by atoms with E-state index in [0.29, 0.717) is 78.9 Å². The lowest BCUT2D eigenvalue weighted by atomic mass is 9.97. The highest BCUT2D eigenvalue weighted by Crippen LogP contribution is 2.38. The maximum Gasteiger partial charge on any atom is 0.281 e. The standard InChI is InChI=1S/C23H20ClFN4O2S.C23H20ClFN4OS/c1-29(2,31)12-20(30)28-19-7-6-14(11-26-19)8-16-10-18-23(27-13-32-18)21(22(16)25)15-4-3-5-17(24)9-15;1-29(2)12-20(30)28-19-7-6-14(11-26-19)8-16-10-18-23(27-13-31-18)21(22(16)25)15-4-3-5-17(24)9-15/h3-7,9-11,13H,8,12H2,1-2H3,(H,26,28,30);3-7,9-11,13H,8,12H2,1-2H3,(H,26,28,30). The van der Waals surface area contributed by atoms with Crippen molar-refractivity contribution in [1.82, 2.24) is 24.8 Å². The third-order valence-electron chi connectivity index (χ3n) is 9.46. The SMILES string of the molecule is CN(C)CC(=O)Nc1ccc(Cc2cc3scnc3c(-c3cccc(Cl)c3)c2F)cn1.C[N+](C)([O-])CC(=O)Nc1ccc(Cc2cc3scnc3c(-c3cccc(Cl)c3)c2F)cn1. The third-order valence-corrected chi connectivity index (χ3v) is 11.5. The van der Waals surface area contributed by atoms with Crippen LogP contribution in [0.2, 0.25) is 10.0 Å². The number of rotatable bonds is 12. The molecule has 2 N–H and O–H groups in total. The van der Waals surface area contributed by atoms with Crippen molar-refractivity contribution in [3.8, 4) is 22.3 Å². The second-order valence-corrected chi connectivity index (χ2v) is 18.0. The zero-order valence-corrected chi connectivity index (χ0v) is 37.6. The summed E-state index contributed by atoms with van der Waals surface area (Å²) in [6.45, 7) is 0.0611. The molecule has 322 valence electrons. The second-order valence-electron chi connectivity index (χ2n) is 15.4. The first-order valence-corrected chi connectivity index (χ1v) is 21.9. The van der Waals surface area contributed by atoms with Gasteiger partial charge in [-0.05, 0) is 96.0 Å². The van der Waals surface area contributed by atoms with Crippen LogP contribution in [-0.2, 0) is 22.4 Å². The Hall–Kier alpha value is -5.78. The molecule has 0 aliphatic rings.